The molecule has 7 nitrogen and oxygen atoms in total. The summed E-state index contributed by atoms with van der Waals surface area (Å²) >= 11 is 0. The summed E-state index contributed by atoms with van der Waals surface area (Å²) in [6, 6.07) is 11.3. The Kier molecular flexibility index (Phi) is 5.91. The highest BCUT2D eigenvalue weighted by atomic mass is 32.2. The highest BCUT2D eigenvalue weighted by Crippen LogP contribution is 2.30. The molecule has 2 aromatic carbocycles. The zero-order valence-corrected chi connectivity index (χ0v) is 18.4. The average molecular weight is 447 g/mol. The normalized spacial score (nSPS) is 13.1. The molecule has 164 valence electrons. The molecule has 9 heteroatoms. The Morgan fingerprint density at radius 2 is 1.81 bits per heavy atom. The van der Waals surface area contributed by atoms with Gasteiger partial charge < -0.3 is 10.1 Å². The van der Waals surface area contributed by atoms with Crippen molar-refractivity contribution in [3.05, 3.63) is 65.6 Å². The second-order valence-electron chi connectivity index (χ2n) is 8.12. The molecule has 0 spiro atoms. The van der Waals surface area contributed by atoms with Crippen molar-refractivity contribution in [2.45, 2.75) is 44.2 Å². The van der Waals surface area contributed by atoms with Crippen LogP contribution in [0.4, 0.5) is 9.18 Å². The number of amides is 1. The van der Waals surface area contributed by atoms with Crippen LogP contribution in [0.25, 0.3) is 10.9 Å². The SMILES string of the molecule is C[C@@H](OC(=O)NC(C)(C)C)c1cc2c(cc1F)cc(C=O)n2S(=O)(=O)c1ccccc1. The van der Waals surface area contributed by atoms with E-state index in [0.29, 0.717) is 6.29 Å². The van der Waals surface area contributed by atoms with Crippen molar-refractivity contribution in [1.82, 2.24) is 9.29 Å². The van der Waals surface area contributed by atoms with Gasteiger partial charge in [0.25, 0.3) is 10.0 Å². The van der Waals surface area contributed by atoms with E-state index in [2.05, 4.69) is 5.32 Å². The molecular formula is C22H23FN2O5S. The van der Waals surface area contributed by atoms with Gasteiger partial charge in [0.2, 0.25) is 0 Å². The van der Waals surface area contributed by atoms with Crippen LogP contribution in [0.3, 0.4) is 0 Å². The summed E-state index contributed by atoms with van der Waals surface area (Å²) in [7, 11) is -4.12. The standard InChI is InChI=1S/C22H23FN2O5S/c1-14(30-21(27)24-22(2,3)4)18-12-20-15(11-19(18)23)10-16(13-26)25(20)31(28,29)17-8-6-5-7-9-17/h5-14H,1-4H3,(H,24,27)/t14-/m1/s1. The van der Waals surface area contributed by atoms with Crippen molar-refractivity contribution in [3.8, 4) is 0 Å². The predicted octanol–water partition coefficient (Wildman–Crippen LogP) is 4.42. The second-order valence-corrected chi connectivity index (χ2v) is 9.91. The fraction of sp³-hybridized carbons (Fsp3) is 0.273. The van der Waals surface area contributed by atoms with Gasteiger partial charge in [-0.2, -0.15) is 0 Å². The monoisotopic (exact) mass is 446 g/mol. The maximum atomic E-state index is 14.8. The molecule has 3 aromatic rings. The minimum Gasteiger partial charge on any atom is -0.442 e. The first-order valence-electron chi connectivity index (χ1n) is 9.53. The van der Waals surface area contributed by atoms with Crippen LogP contribution >= 0.6 is 0 Å². The Morgan fingerprint density at radius 3 is 2.39 bits per heavy atom. The summed E-state index contributed by atoms with van der Waals surface area (Å²) in [5, 5.41) is 2.85. The van der Waals surface area contributed by atoms with Crippen LogP contribution in [0.5, 0.6) is 0 Å². The van der Waals surface area contributed by atoms with Gasteiger partial charge in [-0.05, 0) is 58.0 Å². The minimum atomic E-state index is -4.12. The number of halogens is 1. The molecule has 1 amide bonds. The van der Waals surface area contributed by atoms with Crippen LogP contribution in [0.1, 0.15) is 49.9 Å². The van der Waals surface area contributed by atoms with E-state index in [1.54, 1.807) is 39.0 Å². The summed E-state index contributed by atoms with van der Waals surface area (Å²) in [6.07, 6.45) is -1.34. The van der Waals surface area contributed by atoms with Crippen LogP contribution in [-0.2, 0) is 14.8 Å². The van der Waals surface area contributed by atoms with Crippen molar-refractivity contribution in [2.24, 2.45) is 0 Å². The molecule has 3 rings (SSSR count). The number of hydrogen-bond acceptors (Lipinski definition) is 5. The molecule has 0 saturated heterocycles. The molecular weight excluding hydrogens is 423 g/mol. The molecule has 0 unspecified atom stereocenters. The van der Waals surface area contributed by atoms with Gasteiger partial charge in [-0.25, -0.2) is 21.6 Å². The largest absolute Gasteiger partial charge is 0.442 e. The first-order chi connectivity index (χ1) is 14.4. The summed E-state index contributed by atoms with van der Waals surface area (Å²) in [6.45, 7) is 6.79. The third-order valence-corrected chi connectivity index (χ3v) is 6.26. The Balaban J connectivity index is 2.11. The fourth-order valence-corrected chi connectivity index (χ4v) is 4.66. The lowest BCUT2D eigenvalue weighted by Gasteiger charge is -2.22. The summed E-state index contributed by atoms with van der Waals surface area (Å²) in [4.78, 5) is 23.7. The minimum absolute atomic E-state index is 0.0170. The summed E-state index contributed by atoms with van der Waals surface area (Å²) in [5.41, 5.74) is -0.600. The van der Waals surface area contributed by atoms with Crippen LogP contribution in [0, 0.1) is 5.82 Å². The molecule has 1 heterocycles. The number of carbonyl (C=O) groups is 2. The quantitative estimate of drug-likeness (QED) is 0.586. The summed E-state index contributed by atoms with van der Waals surface area (Å²) < 4.78 is 47.3. The van der Waals surface area contributed by atoms with E-state index >= 15 is 0 Å². The Hall–Kier alpha value is -3.20. The van der Waals surface area contributed by atoms with Gasteiger partial charge >= 0.3 is 6.09 Å². The molecule has 0 aliphatic carbocycles. The lowest BCUT2D eigenvalue weighted by atomic mass is 10.1. The molecule has 0 saturated carbocycles. The van der Waals surface area contributed by atoms with E-state index in [1.165, 1.54) is 31.2 Å². The fourth-order valence-electron chi connectivity index (χ4n) is 3.16. The molecule has 1 atom stereocenters. The molecule has 1 N–H and O–H groups in total. The molecule has 31 heavy (non-hydrogen) atoms. The van der Waals surface area contributed by atoms with Crippen molar-refractivity contribution in [2.75, 3.05) is 0 Å². The molecule has 0 aliphatic heterocycles. The van der Waals surface area contributed by atoms with Crippen LogP contribution < -0.4 is 5.32 Å². The van der Waals surface area contributed by atoms with Gasteiger partial charge in [-0.3, -0.25) is 4.79 Å². The highest BCUT2D eigenvalue weighted by molar-refractivity contribution is 7.90. The van der Waals surface area contributed by atoms with Gasteiger partial charge in [0.15, 0.2) is 6.29 Å². The molecule has 0 fully saturated rings. The maximum absolute atomic E-state index is 14.8. The molecule has 0 bridgehead atoms. The van der Waals surface area contributed by atoms with Crippen molar-refractivity contribution in [3.63, 3.8) is 0 Å². The molecule has 1 aromatic heterocycles. The second kappa shape index (κ2) is 8.14. The average Bonchev–Trinajstić information content (AvgIpc) is 3.04. The zero-order valence-electron chi connectivity index (χ0n) is 17.5. The van der Waals surface area contributed by atoms with Crippen molar-refractivity contribution < 1.29 is 27.1 Å². The Morgan fingerprint density at radius 1 is 1.16 bits per heavy atom. The maximum Gasteiger partial charge on any atom is 0.408 e. The van der Waals surface area contributed by atoms with Crippen molar-refractivity contribution >= 4 is 33.3 Å². The number of alkyl carbamates (subject to hydrolysis) is 1. The third-order valence-electron chi connectivity index (χ3n) is 4.50. The molecule has 0 aliphatic rings. The lowest BCUT2D eigenvalue weighted by molar-refractivity contribution is 0.0983. The number of aldehydes is 1. The van der Waals surface area contributed by atoms with Crippen LogP contribution in [0.2, 0.25) is 0 Å². The van der Waals surface area contributed by atoms with Crippen LogP contribution in [-0.4, -0.2) is 30.3 Å². The lowest BCUT2D eigenvalue weighted by Crippen LogP contribution is -2.41. The van der Waals surface area contributed by atoms with Crippen LogP contribution in [0.15, 0.2) is 53.4 Å². The zero-order chi connectivity index (χ0) is 23.0. The van der Waals surface area contributed by atoms with E-state index in [4.69, 9.17) is 4.74 Å². The van der Waals surface area contributed by atoms with E-state index in [9.17, 15) is 22.4 Å². The number of benzene rings is 2. The first-order valence-corrected chi connectivity index (χ1v) is 11.0. The number of aromatic nitrogens is 1. The number of hydrogen-bond donors (Lipinski definition) is 1. The number of rotatable bonds is 5. The predicted molar refractivity (Wildman–Crippen MR) is 114 cm³/mol. The summed E-state index contributed by atoms with van der Waals surface area (Å²) in [5.74, 6) is -0.685. The van der Waals surface area contributed by atoms with E-state index < -0.39 is 33.6 Å². The van der Waals surface area contributed by atoms with Gasteiger partial charge in [0, 0.05) is 16.5 Å². The topological polar surface area (TPSA) is 94.5 Å². The highest BCUT2D eigenvalue weighted by Gasteiger charge is 2.26. The van der Waals surface area contributed by atoms with Gasteiger partial charge in [-0.15, -0.1) is 0 Å². The van der Waals surface area contributed by atoms with E-state index in [-0.39, 0.29) is 27.1 Å². The van der Waals surface area contributed by atoms with E-state index in [1.807, 2.05) is 0 Å². The van der Waals surface area contributed by atoms with E-state index in [0.717, 1.165) is 10.0 Å². The Bertz CT molecular complexity index is 1240. The van der Waals surface area contributed by atoms with Crippen molar-refractivity contribution in [1.29, 1.82) is 0 Å². The van der Waals surface area contributed by atoms with Gasteiger partial charge in [0.1, 0.15) is 11.9 Å². The van der Waals surface area contributed by atoms with Gasteiger partial charge in [0.05, 0.1) is 16.1 Å². The third kappa shape index (κ3) is 4.61. The Labute approximate surface area is 179 Å². The molecule has 0 radical (unpaired) electrons. The van der Waals surface area contributed by atoms with Gasteiger partial charge in [-0.1, -0.05) is 18.2 Å². The number of nitrogens with one attached hydrogen (secondary N) is 1. The number of nitrogens with zero attached hydrogens (tertiary/aromatic N) is 1. The number of carbonyl (C=O) groups excluding carboxylic acids is 2. The number of ether oxygens (including phenoxy) is 1. The smallest absolute Gasteiger partial charge is 0.408 e. The first kappa shape index (κ1) is 22.5. The number of fused-ring (bicyclic) bond motifs is 1.